The van der Waals surface area contributed by atoms with Gasteiger partial charge in [-0.15, -0.1) is 0 Å². The normalized spacial score (nSPS) is 21.1. The van der Waals surface area contributed by atoms with Crippen LogP contribution in [0.15, 0.2) is 16.7 Å². The Bertz CT molecular complexity index is 373. The Hall–Kier alpha value is -0.810. The summed E-state index contributed by atoms with van der Waals surface area (Å²) in [5.41, 5.74) is 0. The number of ether oxygens (including phenoxy) is 2. The number of hydrogen-bond donors (Lipinski definition) is 0. The lowest BCUT2D eigenvalue weighted by Crippen LogP contribution is -2.21. The lowest BCUT2D eigenvalue weighted by Gasteiger charge is -2.13. The average Bonchev–Trinajstić information content (AvgIpc) is 2.63. The first-order valence-electron chi connectivity index (χ1n) is 5.24. The van der Waals surface area contributed by atoms with Crippen molar-refractivity contribution in [3.05, 3.63) is 16.7 Å². The maximum absolute atomic E-state index is 5.81. The fourth-order valence-corrected chi connectivity index (χ4v) is 2.19. The van der Waals surface area contributed by atoms with E-state index in [2.05, 4.69) is 32.9 Å². The van der Waals surface area contributed by atoms with E-state index in [9.17, 15) is 0 Å². The highest BCUT2D eigenvalue weighted by Gasteiger charge is 2.21. The van der Waals surface area contributed by atoms with Gasteiger partial charge in [-0.3, -0.25) is 0 Å². The van der Waals surface area contributed by atoms with Crippen molar-refractivity contribution >= 4 is 15.9 Å². The van der Waals surface area contributed by atoms with Crippen molar-refractivity contribution in [1.82, 2.24) is 9.88 Å². The summed E-state index contributed by atoms with van der Waals surface area (Å²) in [5.74, 6) is 1.37. The maximum Gasteiger partial charge on any atom is 0.218 e. The number of pyridine rings is 1. The molecule has 88 valence electrons. The molecule has 1 aromatic heterocycles. The van der Waals surface area contributed by atoms with Gasteiger partial charge in [0.15, 0.2) is 0 Å². The van der Waals surface area contributed by atoms with Crippen LogP contribution >= 0.6 is 15.9 Å². The number of methoxy groups -OCH3 is 1. The van der Waals surface area contributed by atoms with Crippen LogP contribution in [-0.2, 0) is 0 Å². The standard InChI is InChI=1S/C11H15BrN2O2/c1-14-4-3-8(7-14)16-11-6-9(15-2)5-10(12)13-11/h5-6,8H,3-4,7H2,1-2H3/t8-/m0/s1. The van der Waals surface area contributed by atoms with Crippen LogP contribution in [0.5, 0.6) is 11.6 Å². The predicted octanol–water partition coefficient (Wildman–Crippen LogP) is 1.94. The van der Waals surface area contributed by atoms with Gasteiger partial charge in [-0.1, -0.05) is 0 Å². The Morgan fingerprint density at radius 1 is 1.50 bits per heavy atom. The Kier molecular flexibility index (Phi) is 3.66. The molecule has 0 N–H and O–H groups in total. The van der Waals surface area contributed by atoms with Gasteiger partial charge in [-0.05, 0) is 29.4 Å². The SMILES string of the molecule is COc1cc(Br)nc(O[C@H]2CCN(C)C2)c1. The second kappa shape index (κ2) is 5.01. The molecule has 4 nitrogen and oxygen atoms in total. The molecule has 2 rings (SSSR count). The van der Waals surface area contributed by atoms with E-state index >= 15 is 0 Å². The summed E-state index contributed by atoms with van der Waals surface area (Å²) in [5, 5.41) is 0. The fourth-order valence-electron chi connectivity index (χ4n) is 1.79. The van der Waals surface area contributed by atoms with Crippen LogP contribution < -0.4 is 9.47 Å². The Morgan fingerprint density at radius 2 is 2.31 bits per heavy atom. The first-order chi connectivity index (χ1) is 7.67. The van der Waals surface area contributed by atoms with Gasteiger partial charge in [0.05, 0.1) is 7.11 Å². The Labute approximate surface area is 104 Å². The van der Waals surface area contributed by atoms with Crippen molar-refractivity contribution in [2.45, 2.75) is 12.5 Å². The number of aromatic nitrogens is 1. The van der Waals surface area contributed by atoms with Crippen LogP contribution in [0.3, 0.4) is 0 Å². The van der Waals surface area contributed by atoms with E-state index in [1.54, 1.807) is 7.11 Å². The van der Waals surface area contributed by atoms with Gasteiger partial charge in [-0.25, -0.2) is 4.98 Å². The second-order valence-corrected chi connectivity index (χ2v) is 4.77. The van der Waals surface area contributed by atoms with Gasteiger partial charge in [0, 0.05) is 25.2 Å². The monoisotopic (exact) mass is 286 g/mol. The summed E-state index contributed by atoms with van der Waals surface area (Å²) < 4.78 is 11.7. The van der Waals surface area contributed by atoms with Gasteiger partial charge in [0.1, 0.15) is 16.5 Å². The highest BCUT2D eigenvalue weighted by molar-refractivity contribution is 9.10. The number of halogens is 1. The molecule has 0 spiro atoms. The molecule has 1 aliphatic heterocycles. The minimum Gasteiger partial charge on any atom is -0.496 e. The van der Waals surface area contributed by atoms with E-state index in [0.29, 0.717) is 5.88 Å². The van der Waals surface area contributed by atoms with E-state index in [4.69, 9.17) is 9.47 Å². The lowest BCUT2D eigenvalue weighted by atomic mass is 10.3. The third-order valence-corrected chi connectivity index (χ3v) is 3.02. The van der Waals surface area contributed by atoms with Crippen LogP contribution in [0.4, 0.5) is 0 Å². The summed E-state index contributed by atoms with van der Waals surface area (Å²) in [6.07, 6.45) is 1.28. The molecule has 1 aliphatic rings. The minimum absolute atomic E-state index is 0.233. The summed E-state index contributed by atoms with van der Waals surface area (Å²) in [6.45, 7) is 2.03. The third kappa shape index (κ3) is 2.86. The van der Waals surface area contributed by atoms with E-state index in [1.807, 2.05) is 12.1 Å². The lowest BCUT2D eigenvalue weighted by molar-refractivity contribution is 0.199. The summed E-state index contributed by atoms with van der Waals surface area (Å²) >= 11 is 3.33. The van der Waals surface area contributed by atoms with Crippen molar-refractivity contribution in [2.75, 3.05) is 27.2 Å². The van der Waals surface area contributed by atoms with E-state index in [0.717, 1.165) is 29.9 Å². The zero-order valence-electron chi connectivity index (χ0n) is 9.44. The van der Waals surface area contributed by atoms with Gasteiger partial charge < -0.3 is 14.4 Å². The van der Waals surface area contributed by atoms with Gasteiger partial charge in [0.25, 0.3) is 0 Å². The molecule has 0 unspecified atom stereocenters. The summed E-state index contributed by atoms with van der Waals surface area (Å²) in [6, 6.07) is 3.62. The van der Waals surface area contributed by atoms with Gasteiger partial charge in [-0.2, -0.15) is 0 Å². The molecular weight excluding hydrogens is 272 g/mol. The van der Waals surface area contributed by atoms with Crippen molar-refractivity contribution in [3.63, 3.8) is 0 Å². The fraction of sp³-hybridized carbons (Fsp3) is 0.545. The van der Waals surface area contributed by atoms with Gasteiger partial charge >= 0.3 is 0 Å². The molecule has 0 amide bonds. The Balaban J connectivity index is 2.06. The van der Waals surface area contributed by atoms with Crippen molar-refractivity contribution in [2.24, 2.45) is 0 Å². The molecule has 1 atom stereocenters. The van der Waals surface area contributed by atoms with Crippen LogP contribution in [0.1, 0.15) is 6.42 Å². The molecule has 16 heavy (non-hydrogen) atoms. The zero-order chi connectivity index (χ0) is 11.5. The molecule has 2 heterocycles. The minimum atomic E-state index is 0.233. The van der Waals surface area contributed by atoms with Gasteiger partial charge in [0.2, 0.25) is 5.88 Å². The molecular formula is C11H15BrN2O2. The van der Waals surface area contributed by atoms with E-state index < -0.39 is 0 Å². The largest absolute Gasteiger partial charge is 0.496 e. The molecule has 1 aromatic rings. The topological polar surface area (TPSA) is 34.6 Å². The molecule has 5 heteroatoms. The van der Waals surface area contributed by atoms with Crippen molar-refractivity contribution < 1.29 is 9.47 Å². The molecule has 0 aliphatic carbocycles. The van der Waals surface area contributed by atoms with Crippen LogP contribution in [0.25, 0.3) is 0 Å². The first-order valence-corrected chi connectivity index (χ1v) is 6.03. The average molecular weight is 287 g/mol. The van der Waals surface area contributed by atoms with E-state index in [1.165, 1.54) is 0 Å². The van der Waals surface area contributed by atoms with Crippen molar-refractivity contribution in [3.8, 4) is 11.6 Å². The molecule has 0 saturated carbocycles. The number of nitrogens with zero attached hydrogens (tertiary/aromatic N) is 2. The predicted molar refractivity (Wildman–Crippen MR) is 65.0 cm³/mol. The second-order valence-electron chi connectivity index (χ2n) is 3.96. The highest BCUT2D eigenvalue weighted by Crippen LogP contribution is 2.24. The summed E-state index contributed by atoms with van der Waals surface area (Å²) in [7, 11) is 3.73. The summed E-state index contributed by atoms with van der Waals surface area (Å²) in [4.78, 5) is 6.52. The third-order valence-electron chi connectivity index (χ3n) is 2.62. The number of likely N-dealkylation sites (N-methyl/N-ethyl adjacent to an activating group) is 1. The molecule has 0 bridgehead atoms. The number of hydrogen-bond acceptors (Lipinski definition) is 4. The van der Waals surface area contributed by atoms with Crippen molar-refractivity contribution in [1.29, 1.82) is 0 Å². The molecule has 0 radical (unpaired) electrons. The van der Waals surface area contributed by atoms with Crippen LogP contribution in [0, 0.1) is 0 Å². The number of rotatable bonds is 3. The maximum atomic E-state index is 5.81. The Morgan fingerprint density at radius 3 is 2.94 bits per heavy atom. The smallest absolute Gasteiger partial charge is 0.218 e. The molecule has 1 saturated heterocycles. The van der Waals surface area contributed by atoms with E-state index in [-0.39, 0.29) is 6.10 Å². The zero-order valence-corrected chi connectivity index (χ0v) is 11.0. The molecule has 0 aromatic carbocycles. The van der Waals surface area contributed by atoms with Crippen LogP contribution in [0.2, 0.25) is 0 Å². The highest BCUT2D eigenvalue weighted by atomic mass is 79.9. The van der Waals surface area contributed by atoms with Crippen LogP contribution in [-0.4, -0.2) is 43.2 Å². The number of likely N-dealkylation sites (tertiary alicyclic amines) is 1. The molecule has 1 fully saturated rings. The quantitative estimate of drug-likeness (QED) is 0.796. The first kappa shape index (κ1) is 11.7.